The molecule has 2 aliphatic heterocycles. The molecule has 0 saturated carbocycles. The predicted molar refractivity (Wildman–Crippen MR) is 127 cm³/mol. The zero-order chi connectivity index (χ0) is 22.0. The zero-order valence-corrected chi connectivity index (χ0v) is 18.7. The molecule has 0 unspecified atom stereocenters. The van der Waals surface area contributed by atoms with E-state index in [1.807, 2.05) is 18.2 Å². The molecule has 2 saturated heterocycles. The Balaban J connectivity index is 1.21. The molecule has 0 atom stereocenters. The van der Waals surface area contributed by atoms with Gasteiger partial charge in [0, 0.05) is 62.8 Å². The van der Waals surface area contributed by atoms with Gasteiger partial charge in [0.2, 0.25) is 0 Å². The second kappa shape index (κ2) is 8.90. The number of hydrogen-bond acceptors (Lipinski definition) is 9. The van der Waals surface area contributed by atoms with E-state index < -0.39 is 0 Å². The van der Waals surface area contributed by atoms with Crippen LogP contribution in [0.15, 0.2) is 36.8 Å². The minimum Gasteiger partial charge on any atom is -0.378 e. The molecule has 3 aromatic rings. The van der Waals surface area contributed by atoms with Crippen LogP contribution in [0.2, 0.25) is 0 Å². The van der Waals surface area contributed by atoms with Crippen LogP contribution in [0.25, 0.3) is 11.5 Å². The molecule has 0 aromatic carbocycles. The summed E-state index contributed by atoms with van der Waals surface area (Å²) in [5, 5.41) is 0. The number of pyridine rings is 1. The topological polar surface area (TPSA) is 83.4 Å². The lowest BCUT2D eigenvalue weighted by atomic mass is 10.2. The number of rotatable bonds is 4. The van der Waals surface area contributed by atoms with Crippen molar-refractivity contribution in [2.75, 3.05) is 67.2 Å². The van der Waals surface area contributed by atoms with Crippen molar-refractivity contribution in [1.82, 2.24) is 24.9 Å². The molecular formula is C24H28N8O. The van der Waals surface area contributed by atoms with Gasteiger partial charge in [0.05, 0.1) is 13.2 Å². The number of nitrogens with zero attached hydrogens (tertiary/aromatic N) is 8. The second-order valence-corrected chi connectivity index (χ2v) is 8.67. The molecule has 9 heteroatoms. The number of ether oxygens (including phenoxy) is 1. The fraction of sp³-hybridized carbons (Fsp3) is 0.458. The fourth-order valence-corrected chi connectivity index (χ4v) is 4.91. The summed E-state index contributed by atoms with van der Waals surface area (Å²) in [6, 6.07) is 8.01. The van der Waals surface area contributed by atoms with Crippen molar-refractivity contribution in [3.05, 3.63) is 48.0 Å². The van der Waals surface area contributed by atoms with Crippen molar-refractivity contribution in [2.45, 2.75) is 19.3 Å². The number of morpholine rings is 1. The molecule has 2 fully saturated rings. The van der Waals surface area contributed by atoms with Crippen LogP contribution in [0.1, 0.15) is 17.7 Å². The zero-order valence-electron chi connectivity index (χ0n) is 18.7. The van der Waals surface area contributed by atoms with E-state index >= 15 is 0 Å². The maximum Gasteiger partial charge on any atom is 0.180 e. The molecule has 0 N–H and O–H groups in total. The average molecular weight is 445 g/mol. The Hall–Kier alpha value is -3.33. The van der Waals surface area contributed by atoms with E-state index in [1.54, 1.807) is 12.5 Å². The van der Waals surface area contributed by atoms with Crippen molar-refractivity contribution in [3.8, 4) is 11.5 Å². The van der Waals surface area contributed by atoms with Gasteiger partial charge in [0.15, 0.2) is 5.82 Å². The molecule has 6 rings (SSSR count). The molecule has 0 spiro atoms. The lowest BCUT2D eigenvalue weighted by molar-refractivity contribution is 0.122. The number of aryl methyl sites for hydroxylation is 1. The lowest BCUT2D eigenvalue weighted by Crippen LogP contribution is -2.47. The standard InChI is InChI=1S/C24H28N8O/c1-2-7-25-20(5-1)23-28-19-6-3-4-18(19)24(29-23)32-10-8-30(9-11-32)21-16-22(27-17-26-21)31-12-14-33-15-13-31/h1-2,5,7,16-17H,3-4,6,8-15H2. The third kappa shape index (κ3) is 4.08. The quantitative estimate of drug-likeness (QED) is 0.600. The highest BCUT2D eigenvalue weighted by Crippen LogP contribution is 2.32. The molecule has 1 aliphatic carbocycles. The summed E-state index contributed by atoms with van der Waals surface area (Å²) in [4.78, 5) is 30.4. The van der Waals surface area contributed by atoms with Gasteiger partial charge in [0.25, 0.3) is 0 Å². The van der Waals surface area contributed by atoms with Gasteiger partial charge in [-0.1, -0.05) is 6.07 Å². The molecule has 0 amide bonds. The number of anilines is 3. The molecule has 33 heavy (non-hydrogen) atoms. The highest BCUT2D eigenvalue weighted by atomic mass is 16.5. The van der Waals surface area contributed by atoms with Crippen LogP contribution < -0.4 is 14.7 Å². The Morgan fingerprint density at radius 1 is 0.758 bits per heavy atom. The highest BCUT2D eigenvalue weighted by molar-refractivity contribution is 5.60. The van der Waals surface area contributed by atoms with Crippen molar-refractivity contribution < 1.29 is 4.74 Å². The average Bonchev–Trinajstić information content (AvgIpc) is 3.38. The summed E-state index contributed by atoms with van der Waals surface area (Å²) in [5.41, 5.74) is 3.34. The normalized spacial score (nSPS) is 18.5. The molecule has 5 heterocycles. The number of aromatic nitrogens is 5. The number of fused-ring (bicyclic) bond motifs is 1. The first-order valence-electron chi connectivity index (χ1n) is 11.8. The maximum atomic E-state index is 5.47. The monoisotopic (exact) mass is 444 g/mol. The highest BCUT2D eigenvalue weighted by Gasteiger charge is 2.27. The minimum absolute atomic E-state index is 0.736. The van der Waals surface area contributed by atoms with Gasteiger partial charge in [0.1, 0.15) is 29.5 Å². The van der Waals surface area contributed by atoms with Gasteiger partial charge in [-0.15, -0.1) is 0 Å². The van der Waals surface area contributed by atoms with Crippen LogP contribution in [0.5, 0.6) is 0 Å². The maximum absolute atomic E-state index is 5.47. The van der Waals surface area contributed by atoms with Gasteiger partial charge < -0.3 is 19.4 Å². The molecule has 3 aliphatic rings. The molecule has 0 radical (unpaired) electrons. The van der Waals surface area contributed by atoms with E-state index in [0.717, 1.165) is 101 Å². The summed E-state index contributed by atoms with van der Waals surface area (Å²) >= 11 is 0. The van der Waals surface area contributed by atoms with E-state index in [4.69, 9.17) is 14.7 Å². The smallest absolute Gasteiger partial charge is 0.180 e. The summed E-state index contributed by atoms with van der Waals surface area (Å²) in [6.45, 7) is 6.87. The van der Waals surface area contributed by atoms with Crippen molar-refractivity contribution >= 4 is 17.5 Å². The number of piperazine rings is 1. The second-order valence-electron chi connectivity index (χ2n) is 8.67. The Labute approximate surface area is 193 Å². The first-order chi connectivity index (χ1) is 16.3. The number of hydrogen-bond donors (Lipinski definition) is 0. The van der Waals surface area contributed by atoms with Crippen molar-refractivity contribution in [3.63, 3.8) is 0 Å². The summed E-state index contributed by atoms with van der Waals surface area (Å²) < 4.78 is 5.47. The Kier molecular flexibility index (Phi) is 5.47. The molecule has 170 valence electrons. The van der Waals surface area contributed by atoms with E-state index in [0.29, 0.717) is 0 Å². The van der Waals surface area contributed by atoms with Gasteiger partial charge in [-0.25, -0.2) is 19.9 Å². The van der Waals surface area contributed by atoms with Gasteiger partial charge in [-0.2, -0.15) is 0 Å². The first kappa shape index (κ1) is 20.3. The molecular weight excluding hydrogens is 416 g/mol. The van der Waals surface area contributed by atoms with Crippen LogP contribution in [-0.4, -0.2) is 77.4 Å². The van der Waals surface area contributed by atoms with Crippen molar-refractivity contribution in [1.29, 1.82) is 0 Å². The van der Waals surface area contributed by atoms with Gasteiger partial charge in [-0.05, 0) is 31.4 Å². The Morgan fingerprint density at radius 3 is 2.27 bits per heavy atom. The van der Waals surface area contributed by atoms with E-state index in [9.17, 15) is 0 Å². The van der Waals surface area contributed by atoms with Crippen LogP contribution in [0.3, 0.4) is 0 Å². The predicted octanol–water partition coefficient (Wildman–Crippen LogP) is 1.98. The molecule has 0 bridgehead atoms. The first-order valence-corrected chi connectivity index (χ1v) is 11.8. The molecule has 9 nitrogen and oxygen atoms in total. The largest absolute Gasteiger partial charge is 0.378 e. The van der Waals surface area contributed by atoms with Crippen LogP contribution in [-0.2, 0) is 17.6 Å². The third-order valence-corrected chi connectivity index (χ3v) is 6.68. The van der Waals surface area contributed by atoms with Crippen LogP contribution in [0.4, 0.5) is 17.5 Å². The van der Waals surface area contributed by atoms with Crippen LogP contribution in [0, 0.1) is 0 Å². The third-order valence-electron chi connectivity index (χ3n) is 6.68. The summed E-state index contributed by atoms with van der Waals surface area (Å²) in [5.74, 6) is 3.81. The lowest BCUT2D eigenvalue weighted by Gasteiger charge is -2.37. The van der Waals surface area contributed by atoms with Gasteiger partial charge in [-0.3, -0.25) is 4.98 Å². The molecule has 3 aromatic heterocycles. The minimum atomic E-state index is 0.736. The van der Waals surface area contributed by atoms with Crippen LogP contribution >= 0.6 is 0 Å². The van der Waals surface area contributed by atoms with E-state index in [2.05, 4.69) is 35.7 Å². The summed E-state index contributed by atoms with van der Waals surface area (Å²) in [6.07, 6.45) is 6.71. The van der Waals surface area contributed by atoms with E-state index in [-0.39, 0.29) is 0 Å². The van der Waals surface area contributed by atoms with Gasteiger partial charge >= 0.3 is 0 Å². The summed E-state index contributed by atoms with van der Waals surface area (Å²) in [7, 11) is 0. The van der Waals surface area contributed by atoms with E-state index in [1.165, 1.54) is 11.3 Å². The Morgan fingerprint density at radius 2 is 1.52 bits per heavy atom. The SMILES string of the molecule is c1ccc(-c2nc3c(c(N4CCN(c5cc(N6CCOCC6)ncn5)CC4)n2)CCC3)nc1. The fourth-order valence-electron chi connectivity index (χ4n) is 4.91. The van der Waals surface area contributed by atoms with Crippen molar-refractivity contribution in [2.24, 2.45) is 0 Å². The Bertz CT molecular complexity index is 1110.